The fraction of sp³-hybridized carbons (Fsp3) is 0.432. The van der Waals surface area contributed by atoms with Crippen LogP contribution in [0.15, 0.2) is 72.8 Å². The minimum Gasteiger partial charge on any atom is -0.486 e. The molecule has 40 heavy (non-hydrogen) atoms. The van der Waals surface area contributed by atoms with E-state index in [-0.39, 0.29) is 17.4 Å². The van der Waals surface area contributed by atoms with E-state index >= 15 is 0 Å². The van der Waals surface area contributed by atoms with E-state index in [2.05, 4.69) is 89.8 Å². The number of hydrogen-bond acceptors (Lipinski definition) is 2. The van der Waals surface area contributed by atoms with Gasteiger partial charge >= 0.3 is 0 Å². The van der Waals surface area contributed by atoms with Gasteiger partial charge in [0.25, 0.3) is 5.91 Å². The summed E-state index contributed by atoms with van der Waals surface area (Å²) < 4.78 is 6.68. The van der Waals surface area contributed by atoms with E-state index in [1.54, 1.807) is 0 Å². The van der Waals surface area contributed by atoms with Gasteiger partial charge in [0.05, 0.1) is 0 Å². The summed E-state index contributed by atoms with van der Waals surface area (Å²) in [6.07, 6.45) is 6.41. The zero-order valence-electron chi connectivity index (χ0n) is 25.8. The summed E-state index contributed by atoms with van der Waals surface area (Å²) >= 11 is 0. The van der Waals surface area contributed by atoms with Gasteiger partial charge in [0, 0.05) is 12.1 Å². The highest BCUT2D eigenvalue weighted by Gasteiger charge is 2.18. The first kappa shape index (κ1) is 31.2. The van der Waals surface area contributed by atoms with Gasteiger partial charge < -0.3 is 10.1 Å². The number of carbonyl (C=O) groups is 1. The van der Waals surface area contributed by atoms with Crippen molar-refractivity contribution in [3.05, 3.63) is 101 Å². The van der Waals surface area contributed by atoms with Crippen molar-refractivity contribution >= 4 is 5.91 Å². The average Bonchev–Trinajstić information content (AvgIpc) is 2.89. The topological polar surface area (TPSA) is 38.3 Å². The highest BCUT2D eigenvalue weighted by molar-refractivity contribution is 5.94. The largest absolute Gasteiger partial charge is 0.486 e. The van der Waals surface area contributed by atoms with Gasteiger partial charge in [-0.15, -0.1) is 6.58 Å². The van der Waals surface area contributed by atoms with E-state index in [0.29, 0.717) is 12.1 Å². The molecular weight excluding hydrogens is 490 g/mol. The Balaban J connectivity index is 1.80. The van der Waals surface area contributed by atoms with E-state index < -0.39 is 0 Å². The number of amides is 1. The van der Waals surface area contributed by atoms with Crippen molar-refractivity contribution in [2.24, 2.45) is 0 Å². The third-order valence-corrected chi connectivity index (χ3v) is 7.53. The molecule has 3 rings (SSSR count). The van der Waals surface area contributed by atoms with Crippen LogP contribution < -0.4 is 10.1 Å². The summed E-state index contributed by atoms with van der Waals surface area (Å²) in [7, 11) is 0. The molecule has 3 nitrogen and oxygen atoms in total. The van der Waals surface area contributed by atoms with E-state index in [4.69, 9.17) is 4.74 Å². The quantitative estimate of drug-likeness (QED) is 0.173. The summed E-state index contributed by atoms with van der Waals surface area (Å²) in [6, 6.07) is 21.2. The maximum absolute atomic E-state index is 12.6. The summed E-state index contributed by atoms with van der Waals surface area (Å²) in [5, 5.41) is 2.98. The van der Waals surface area contributed by atoms with Crippen LogP contribution in [0.25, 0.3) is 11.1 Å². The molecule has 0 saturated heterocycles. The molecular formula is C37H49NO2. The van der Waals surface area contributed by atoms with Crippen LogP contribution >= 0.6 is 0 Å². The molecule has 0 aliphatic carbocycles. The number of rotatable bonds is 13. The molecule has 0 aliphatic rings. The van der Waals surface area contributed by atoms with Crippen LogP contribution in [0.5, 0.6) is 5.75 Å². The Morgan fingerprint density at radius 2 is 1.55 bits per heavy atom. The standard InChI is InChI=1S/C37H49NO2/c1-9-10-11-12-13-34(29-14-16-31(17-15-29)36(39)38-23-22-26(2)3)40-33-24-27(4)35(28(5)25-33)30-18-20-32(21-19-30)37(6,7)8/h14-21,24-25,34H,2,9-13,22-23H2,1,3-8H3,(H,38,39). The van der Waals surface area contributed by atoms with Gasteiger partial charge in [0.2, 0.25) is 0 Å². The van der Waals surface area contributed by atoms with Crippen molar-refractivity contribution in [1.29, 1.82) is 0 Å². The van der Waals surface area contributed by atoms with Crippen LogP contribution in [0.4, 0.5) is 0 Å². The number of benzene rings is 3. The van der Waals surface area contributed by atoms with Gasteiger partial charge in [-0.25, -0.2) is 0 Å². The number of aryl methyl sites for hydroxylation is 2. The van der Waals surface area contributed by atoms with Gasteiger partial charge in [0.15, 0.2) is 0 Å². The van der Waals surface area contributed by atoms with Crippen molar-refractivity contribution in [2.45, 2.75) is 98.5 Å². The molecule has 3 aromatic rings. The first-order valence-electron chi connectivity index (χ1n) is 14.9. The Bertz CT molecular complexity index is 1240. The van der Waals surface area contributed by atoms with Crippen molar-refractivity contribution in [3.63, 3.8) is 0 Å². The van der Waals surface area contributed by atoms with Gasteiger partial charge in [-0.1, -0.05) is 88.9 Å². The first-order valence-corrected chi connectivity index (χ1v) is 14.9. The number of carbonyl (C=O) groups excluding carboxylic acids is 1. The normalized spacial score (nSPS) is 12.2. The minimum atomic E-state index is -0.0619. The Morgan fingerprint density at radius 1 is 0.925 bits per heavy atom. The smallest absolute Gasteiger partial charge is 0.251 e. The molecule has 0 spiro atoms. The van der Waals surface area contributed by atoms with E-state index in [9.17, 15) is 4.79 Å². The second-order valence-corrected chi connectivity index (χ2v) is 12.3. The summed E-state index contributed by atoms with van der Waals surface area (Å²) in [4.78, 5) is 12.6. The lowest BCUT2D eigenvalue weighted by atomic mass is 9.85. The lowest BCUT2D eigenvalue weighted by Crippen LogP contribution is -2.24. The molecule has 3 aromatic carbocycles. The van der Waals surface area contributed by atoms with Crippen LogP contribution in [0.1, 0.15) is 112 Å². The third-order valence-electron chi connectivity index (χ3n) is 7.53. The molecule has 3 heteroatoms. The Labute approximate surface area is 243 Å². The summed E-state index contributed by atoms with van der Waals surface area (Å²) in [6.45, 7) is 19.8. The highest BCUT2D eigenvalue weighted by atomic mass is 16.5. The molecule has 0 aromatic heterocycles. The number of hydrogen-bond donors (Lipinski definition) is 1. The SMILES string of the molecule is C=C(C)CCNC(=O)c1ccc(C(CCCCCC)Oc2cc(C)c(-c3ccc(C(C)(C)C)cc3)c(C)c2)cc1. The van der Waals surface area contributed by atoms with Gasteiger partial charge in [-0.3, -0.25) is 4.79 Å². The Kier molecular flexibility index (Phi) is 11.2. The van der Waals surface area contributed by atoms with Crippen LogP contribution in [0, 0.1) is 13.8 Å². The molecule has 0 saturated carbocycles. The van der Waals surface area contributed by atoms with E-state index in [1.807, 2.05) is 31.2 Å². The van der Waals surface area contributed by atoms with Gasteiger partial charge in [-0.2, -0.15) is 0 Å². The minimum absolute atomic E-state index is 0.0504. The van der Waals surface area contributed by atoms with Crippen molar-refractivity contribution < 1.29 is 9.53 Å². The average molecular weight is 540 g/mol. The van der Waals surface area contributed by atoms with Crippen LogP contribution in [-0.2, 0) is 5.41 Å². The highest BCUT2D eigenvalue weighted by Crippen LogP contribution is 2.35. The zero-order chi connectivity index (χ0) is 29.3. The Hall–Kier alpha value is -3.33. The molecule has 1 atom stereocenters. The maximum atomic E-state index is 12.6. The fourth-order valence-electron chi connectivity index (χ4n) is 5.14. The maximum Gasteiger partial charge on any atom is 0.251 e. The van der Waals surface area contributed by atoms with Gasteiger partial charge in [-0.05, 0) is 103 Å². The zero-order valence-corrected chi connectivity index (χ0v) is 25.8. The lowest BCUT2D eigenvalue weighted by molar-refractivity contribution is 0.0954. The molecule has 1 unspecified atom stereocenters. The second-order valence-electron chi connectivity index (χ2n) is 12.3. The number of unbranched alkanes of at least 4 members (excludes halogenated alkanes) is 3. The van der Waals surface area contributed by atoms with Crippen LogP contribution in [0.3, 0.4) is 0 Å². The molecule has 1 amide bonds. The molecule has 0 fully saturated rings. The predicted octanol–water partition coefficient (Wildman–Crippen LogP) is 10.1. The third kappa shape index (κ3) is 8.84. The fourth-order valence-corrected chi connectivity index (χ4v) is 5.14. The molecule has 214 valence electrons. The molecule has 0 heterocycles. The predicted molar refractivity (Wildman–Crippen MR) is 170 cm³/mol. The van der Waals surface area contributed by atoms with Crippen molar-refractivity contribution in [3.8, 4) is 16.9 Å². The molecule has 0 aliphatic heterocycles. The molecule has 1 N–H and O–H groups in total. The molecule has 0 radical (unpaired) electrons. The number of nitrogens with one attached hydrogen (secondary N) is 1. The monoisotopic (exact) mass is 539 g/mol. The van der Waals surface area contributed by atoms with Gasteiger partial charge in [0.1, 0.15) is 11.9 Å². The van der Waals surface area contributed by atoms with Crippen molar-refractivity contribution in [1.82, 2.24) is 5.32 Å². The van der Waals surface area contributed by atoms with E-state index in [0.717, 1.165) is 36.1 Å². The first-order chi connectivity index (χ1) is 19.0. The number of ether oxygens (including phenoxy) is 1. The summed E-state index contributed by atoms with van der Waals surface area (Å²) in [5.74, 6) is 0.845. The van der Waals surface area contributed by atoms with Crippen molar-refractivity contribution in [2.75, 3.05) is 6.54 Å². The lowest BCUT2D eigenvalue weighted by Gasteiger charge is -2.22. The summed E-state index contributed by atoms with van der Waals surface area (Å²) in [5.41, 5.74) is 9.26. The van der Waals surface area contributed by atoms with Crippen LogP contribution in [-0.4, -0.2) is 12.5 Å². The molecule has 0 bridgehead atoms. The Morgan fingerprint density at radius 3 is 2.10 bits per heavy atom. The van der Waals surface area contributed by atoms with Crippen LogP contribution in [0.2, 0.25) is 0 Å². The second kappa shape index (κ2) is 14.3. The van der Waals surface area contributed by atoms with E-state index in [1.165, 1.54) is 47.1 Å².